The van der Waals surface area contributed by atoms with Gasteiger partial charge in [-0.2, -0.15) is 5.10 Å². The maximum Gasteiger partial charge on any atom is 0.241 e. The van der Waals surface area contributed by atoms with E-state index >= 15 is 0 Å². The van der Waals surface area contributed by atoms with Crippen molar-refractivity contribution in [1.29, 1.82) is 5.41 Å². The first-order chi connectivity index (χ1) is 15.4. The number of rotatable bonds is 4. The normalized spacial score (nSPS) is 17.4. The van der Waals surface area contributed by atoms with E-state index in [1.807, 2.05) is 31.3 Å². The quantitative estimate of drug-likeness (QED) is 0.400. The van der Waals surface area contributed by atoms with Crippen molar-refractivity contribution < 1.29 is 4.79 Å². The van der Waals surface area contributed by atoms with E-state index in [1.165, 1.54) is 6.42 Å². The smallest absolute Gasteiger partial charge is 0.241 e. The molecule has 33 heavy (non-hydrogen) atoms. The number of hydrogen-bond acceptors (Lipinski definition) is 4. The van der Waals surface area contributed by atoms with E-state index in [1.54, 1.807) is 0 Å². The molecule has 8 heteroatoms. The number of fused-ring (bicyclic) bond motifs is 1. The molecule has 1 aliphatic heterocycles. The number of benzene rings is 2. The van der Waals surface area contributed by atoms with Crippen LogP contribution in [0.1, 0.15) is 61.0 Å². The van der Waals surface area contributed by atoms with E-state index in [0.29, 0.717) is 12.8 Å². The van der Waals surface area contributed by atoms with Gasteiger partial charge >= 0.3 is 0 Å². The Kier molecular flexibility index (Phi) is 6.26. The standard InChI is InChI=1S/C25H28N6O.ClH/c1-31-20-10-9-18(23-25(11-3-2-4-12-25)15-22(32)29-30-23)14-19(20)28-21(31)13-16-5-7-17(8-6-16)24(26)27;/h5-10,14H,2-4,11-13,15H2,1H3,(H3,26,27)(H,29,32);1H. The average molecular weight is 465 g/mol. The molecule has 1 amide bonds. The third kappa shape index (κ3) is 4.25. The van der Waals surface area contributed by atoms with Crippen molar-refractivity contribution in [3.63, 3.8) is 0 Å². The molecule has 5 rings (SSSR count). The molecule has 3 aromatic rings. The lowest BCUT2D eigenvalue weighted by Crippen LogP contribution is -2.44. The first-order valence-corrected chi connectivity index (χ1v) is 11.2. The fourth-order valence-electron chi connectivity index (χ4n) is 5.22. The van der Waals surface area contributed by atoms with Gasteiger partial charge in [0.25, 0.3) is 0 Å². The van der Waals surface area contributed by atoms with E-state index in [2.05, 4.69) is 33.3 Å². The summed E-state index contributed by atoms with van der Waals surface area (Å²) < 4.78 is 2.12. The molecule has 1 fully saturated rings. The minimum Gasteiger partial charge on any atom is -0.384 e. The topological polar surface area (TPSA) is 109 Å². The van der Waals surface area contributed by atoms with Crippen LogP contribution in [0.25, 0.3) is 11.0 Å². The zero-order valence-corrected chi connectivity index (χ0v) is 19.5. The van der Waals surface area contributed by atoms with Crippen LogP contribution in [0, 0.1) is 10.8 Å². The fourth-order valence-corrected chi connectivity index (χ4v) is 5.22. The van der Waals surface area contributed by atoms with E-state index in [9.17, 15) is 4.79 Å². The van der Waals surface area contributed by atoms with Crippen molar-refractivity contribution >= 4 is 40.9 Å². The number of carbonyl (C=O) groups excluding carboxylic acids is 1. The van der Waals surface area contributed by atoms with Gasteiger partial charge in [-0.1, -0.05) is 49.6 Å². The molecule has 0 bridgehead atoms. The molecular weight excluding hydrogens is 436 g/mol. The lowest BCUT2D eigenvalue weighted by molar-refractivity contribution is -0.123. The number of nitrogens with zero attached hydrogens (tertiary/aromatic N) is 3. The van der Waals surface area contributed by atoms with Gasteiger partial charge in [-0.15, -0.1) is 12.4 Å². The Labute approximate surface area is 199 Å². The van der Waals surface area contributed by atoms with Crippen molar-refractivity contribution in [3.8, 4) is 0 Å². The number of carbonyl (C=O) groups is 1. The van der Waals surface area contributed by atoms with Gasteiger partial charge in [-0.05, 0) is 30.5 Å². The molecule has 1 aromatic heterocycles. The van der Waals surface area contributed by atoms with Crippen LogP contribution >= 0.6 is 12.4 Å². The summed E-state index contributed by atoms with van der Waals surface area (Å²) in [5.41, 5.74) is 14.0. The molecule has 0 atom stereocenters. The largest absolute Gasteiger partial charge is 0.384 e. The lowest BCUT2D eigenvalue weighted by atomic mass is 9.66. The second-order valence-corrected chi connectivity index (χ2v) is 9.09. The summed E-state index contributed by atoms with van der Waals surface area (Å²) in [6.07, 6.45) is 6.76. The molecule has 0 unspecified atom stereocenters. The van der Waals surface area contributed by atoms with Crippen molar-refractivity contribution in [1.82, 2.24) is 15.0 Å². The second-order valence-electron chi connectivity index (χ2n) is 9.09. The third-order valence-electron chi connectivity index (χ3n) is 6.98. The Hall–Kier alpha value is -3.19. The summed E-state index contributed by atoms with van der Waals surface area (Å²) in [5.74, 6) is 1.07. The molecule has 2 aromatic carbocycles. The zero-order valence-electron chi connectivity index (χ0n) is 18.7. The lowest BCUT2D eigenvalue weighted by Gasteiger charge is -2.40. The summed E-state index contributed by atoms with van der Waals surface area (Å²) in [6.45, 7) is 0. The Morgan fingerprint density at radius 3 is 2.58 bits per heavy atom. The Morgan fingerprint density at radius 2 is 1.88 bits per heavy atom. The summed E-state index contributed by atoms with van der Waals surface area (Å²) in [7, 11) is 2.04. The predicted molar refractivity (Wildman–Crippen MR) is 133 cm³/mol. The van der Waals surface area contributed by atoms with E-state index in [0.717, 1.165) is 64.9 Å². The number of halogens is 1. The van der Waals surface area contributed by atoms with Crippen LogP contribution in [0.15, 0.2) is 47.6 Å². The molecule has 1 spiro atoms. The van der Waals surface area contributed by atoms with Gasteiger partial charge in [-0.25, -0.2) is 10.4 Å². The van der Waals surface area contributed by atoms with Crippen LogP contribution in [-0.2, 0) is 18.3 Å². The highest BCUT2D eigenvalue weighted by Crippen LogP contribution is 2.44. The van der Waals surface area contributed by atoms with Crippen LogP contribution in [-0.4, -0.2) is 27.0 Å². The van der Waals surface area contributed by atoms with Crippen molar-refractivity contribution in [2.75, 3.05) is 0 Å². The number of hydrogen-bond donors (Lipinski definition) is 3. The molecule has 4 N–H and O–H groups in total. The highest BCUT2D eigenvalue weighted by Gasteiger charge is 2.42. The fraction of sp³-hybridized carbons (Fsp3) is 0.360. The highest BCUT2D eigenvalue weighted by atomic mass is 35.5. The first kappa shape index (κ1) is 23.0. The Morgan fingerprint density at radius 1 is 1.15 bits per heavy atom. The number of nitrogen functional groups attached to an aromatic ring is 1. The van der Waals surface area contributed by atoms with Gasteiger partial charge < -0.3 is 10.3 Å². The maximum atomic E-state index is 12.2. The predicted octanol–water partition coefficient (Wildman–Crippen LogP) is 4.04. The number of aryl methyl sites for hydroxylation is 1. The van der Waals surface area contributed by atoms with Crippen LogP contribution < -0.4 is 11.2 Å². The molecular formula is C25H29ClN6O. The number of amides is 1. The van der Waals surface area contributed by atoms with Crippen LogP contribution in [0.4, 0.5) is 0 Å². The van der Waals surface area contributed by atoms with E-state index in [-0.39, 0.29) is 29.6 Å². The van der Waals surface area contributed by atoms with Crippen molar-refractivity contribution in [2.45, 2.75) is 44.9 Å². The summed E-state index contributed by atoms with van der Waals surface area (Å²) >= 11 is 0. The molecule has 1 aliphatic carbocycles. The highest BCUT2D eigenvalue weighted by molar-refractivity contribution is 6.09. The number of amidine groups is 1. The molecule has 0 radical (unpaired) electrons. The SMILES string of the molecule is Cl.Cn1c(Cc2ccc(C(=N)N)cc2)nc2cc(C3=NNC(=O)CC34CCCCC4)ccc21. The van der Waals surface area contributed by atoms with Crippen molar-refractivity contribution in [3.05, 3.63) is 65.0 Å². The van der Waals surface area contributed by atoms with Crippen LogP contribution in [0.3, 0.4) is 0 Å². The van der Waals surface area contributed by atoms with Gasteiger partial charge in [0.05, 0.1) is 16.7 Å². The third-order valence-corrected chi connectivity index (χ3v) is 6.98. The zero-order chi connectivity index (χ0) is 22.3. The number of hydrazone groups is 1. The molecule has 7 nitrogen and oxygen atoms in total. The number of aromatic nitrogens is 2. The molecule has 2 aliphatic rings. The molecule has 0 saturated heterocycles. The number of nitrogens with two attached hydrogens (primary N) is 1. The van der Waals surface area contributed by atoms with Crippen LogP contribution in [0.2, 0.25) is 0 Å². The second kappa shape index (κ2) is 8.98. The van der Waals surface area contributed by atoms with Gasteiger partial charge in [0.1, 0.15) is 11.7 Å². The van der Waals surface area contributed by atoms with Gasteiger partial charge in [-0.3, -0.25) is 10.2 Å². The van der Waals surface area contributed by atoms with E-state index < -0.39 is 0 Å². The summed E-state index contributed by atoms with van der Waals surface area (Å²) in [5, 5.41) is 12.1. The minimum absolute atomic E-state index is 0. The summed E-state index contributed by atoms with van der Waals surface area (Å²) in [4.78, 5) is 17.1. The van der Waals surface area contributed by atoms with Crippen LogP contribution in [0.5, 0.6) is 0 Å². The number of nitrogens with one attached hydrogen (secondary N) is 2. The number of imidazole rings is 1. The minimum atomic E-state index is -0.148. The van der Waals surface area contributed by atoms with Gasteiger partial charge in [0.2, 0.25) is 5.91 Å². The molecule has 172 valence electrons. The summed E-state index contributed by atoms with van der Waals surface area (Å²) in [6, 6.07) is 14.1. The van der Waals surface area contributed by atoms with Gasteiger partial charge in [0, 0.05) is 36.4 Å². The Balaban J connectivity index is 0.00000259. The molecule has 1 saturated carbocycles. The monoisotopic (exact) mass is 464 g/mol. The molecule has 2 heterocycles. The Bertz CT molecular complexity index is 1240. The first-order valence-electron chi connectivity index (χ1n) is 11.2. The average Bonchev–Trinajstić information content (AvgIpc) is 3.09. The van der Waals surface area contributed by atoms with E-state index in [4.69, 9.17) is 16.1 Å². The van der Waals surface area contributed by atoms with Gasteiger partial charge in [0.15, 0.2) is 0 Å². The van der Waals surface area contributed by atoms with Crippen molar-refractivity contribution in [2.24, 2.45) is 23.3 Å². The maximum absolute atomic E-state index is 12.2.